The Bertz CT molecular complexity index is 1620. The highest BCUT2D eigenvalue weighted by atomic mass is 16.6. The van der Waals surface area contributed by atoms with E-state index in [1.54, 1.807) is 24.0 Å². The van der Waals surface area contributed by atoms with Crippen molar-refractivity contribution < 1.29 is 38.5 Å². The maximum atomic E-state index is 15.0. The molecule has 0 saturated carbocycles. The van der Waals surface area contributed by atoms with Gasteiger partial charge in [-0.2, -0.15) is 0 Å². The molecule has 4 fully saturated rings. The van der Waals surface area contributed by atoms with E-state index in [2.05, 4.69) is 23.4 Å². The summed E-state index contributed by atoms with van der Waals surface area (Å²) in [6.07, 6.45) is 3.44. The molecule has 284 valence electrons. The minimum absolute atomic E-state index is 0.201. The molecule has 4 aliphatic heterocycles. The van der Waals surface area contributed by atoms with Gasteiger partial charge in [-0.05, 0) is 37.3 Å². The number of carbonyl (C=O) groups is 4. The van der Waals surface area contributed by atoms with Gasteiger partial charge >= 0.3 is 5.97 Å². The summed E-state index contributed by atoms with van der Waals surface area (Å²) in [7, 11) is 0. The molecule has 2 aromatic carbocycles. The van der Waals surface area contributed by atoms with E-state index in [0.29, 0.717) is 56.7 Å². The van der Waals surface area contributed by atoms with Crippen LogP contribution >= 0.6 is 0 Å². The zero-order valence-electron chi connectivity index (χ0n) is 30.5. The lowest BCUT2D eigenvalue weighted by molar-refractivity contribution is -0.162. The van der Waals surface area contributed by atoms with Gasteiger partial charge < -0.3 is 34.4 Å². The van der Waals surface area contributed by atoms with Crippen LogP contribution in [0.4, 0.5) is 0 Å². The van der Waals surface area contributed by atoms with Gasteiger partial charge in [-0.3, -0.25) is 24.1 Å². The Hall–Kier alpha value is -4.36. The van der Waals surface area contributed by atoms with Crippen molar-refractivity contribution in [3.63, 3.8) is 0 Å². The quantitative estimate of drug-likeness (QED) is 0.186. The molecule has 2 aromatic rings. The fourth-order valence-electron chi connectivity index (χ4n) is 8.65. The van der Waals surface area contributed by atoms with E-state index in [1.807, 2.05) is 60.7 Å². The van der Waals surface area contributed by atoms with Crippen molar-refractivity contribution in [2.75, 3.05) is 52.5 Å². The van der Waals surface area contributed by atoms with Crippen LogP contribution in [0.25, 0.3) is 0 Å². The largest absolute Gasteiger partial charge is 0.455 e. The fraction of sp³-hybridized carbons (Fsp3) is 0.512. The van der Waals surface area contributed by atoms with Gasteiger partial charge in [0.15, 0.2) is 0 Å². The zero-order chi connectivity index (χ0) is 37.5. The fourth-order valence-corrected chi connectivity index (χ4v) is 8.65. The van der Waals surface area contributed by atoms with Gasteiger partial charge in [0.2, 0.25) is 17.7 Å². The minimum atomic E-state index is -1.31. The SMILES string of the molecule is C=CCCC(=O)N[C@H](C)[C@@H](OC(=O)[C@@H]1[C@@H]2CC[C@]3(O2)[C@H](C(=O)N(CC=C)CCN2CCOCC2)N([C@H](CO)c2ccccc2)C(=O)[C@@H]13)c1ccccc1. The van der Waals surface area contributed by atoms with E-state index >= 15 is 0 Å². The summed E-state index contributed by atoms with van der Waals surface area (Å²) in [5.74, 6) is -3.57. The van der Waals surface area contributed by atoms with Crippen LogP contribution in [0.2, 0.25) is 0 Å². The van der Waals surface area contributed by atoms with Crippen LogP contribution < -0.4 is 5.32 Å². The van der Waals surface area contributed by atoms with Crippen LogP contribution in [-0.4, -0.2) is 120 Å². The maximum Gasteiger partial charge on any atom is 0.313 e. The monoisotopic (exact) mass is 728 g/mol. The number of morpholine rings is 1. The predicted octanol–water partition coefficient (Wildman–Crippen LogP) is 3.20. The van der Waals surface area contributed by atoms with Gasteiger partial charge in [-0.25, -0.2) is 0 Å². The number of allylic oxidation sites excluding steroid dienone is 1. The lowest BCUT2D eigenvalue weighted by Crippen LogP contribution is -2.58. The number of fused-ring (bicyclic) bond motifs is 1. The van der Waals surface area contributed by atoms with Gasteiger partial charge in [0.25, 0.3) is 0 Å². The van der Waals surface area contributed by atoms with Crippen LogP contribution in [0.1, 0.15) is 55.9 Å². The average molecular weight is 729 g/mol. The number of amides is 3. The van der Waals surface area contributed by atoms with Crippen molar-refractivity contribution in [1.29, 1.82) is 0 Å². The Morgan fingerprint density at radius 1 is 1.06 bits per heavy atom. The summed E-state index contributed by atoms with van der Waals surface area (Å²) in [6, 6.07) is 15.8. The third-order valence-electron chi connectivity index (χ3n) is 11.2. The third kappa shape index (κ3) is 7.82. The number of carbonyl (C=O) groups excluding carboxylic acids is 4. The first-order valence-corrected chi connectivity index (χ1v) is 18.7. The number of esters is 1. The molecule has 4 aliphatic rings. The highest BCUT2D eigenvalue weighted by Gasteiger charge is 2.76. The number of ether oxygens (including phenoxy) is 3. The molecule has 1 spiro atoms. The van der Waals surface area contributed by atoms with E-state index in [9.17, 15) is 24.3 Å². The highest BCUT2D eigenvalue weighted by Crippen LogP contribution is 2.60. The van der Waals surface area contributed by atoms with Gasteiger partial charge in [-0.1, -0.05) is 72.8 Å². The molecule has 0 unspecified atom stereocenters. The van der Waals surface area contributed by atoms with Crippen LogP contribution in [0, 0.1) is 11.8 Å². The maximum absolute atomic E-state index is 15.0. The average Bonchev–Trinajstić information content (AvgIpc) is 3.83. The molecule has 6 rings (SSSR count). The predicted molar refractivity (Wildman–Crippen MR) is 197 cm³/mol. The second kappa shape index (κ2) is 17.2. The Balaban J connectivity index is 1.33. The first kappa shape index (κ1) is 38.4. The summed E-state index contributed by atoms with van der Waals surface area (Å²) in [5.41, 5.74) is 0.0452. The Morgan fingerprint density at radius 3 is 2.38 bits per heavy atom. The van der Waals surface area contributed by atoms with Gasteiger partial charge in [0, 0.05) is 39.1 Å². The second-order valence-electron chi connectivity index (χ2n) is 14.4. The van der Waals surface area contributed by atoms with Crippen molar-refractivity contribution in [2.24, 2.45) is 11.8 Å². The summed E-state index contributed by atoms with van der Waals surface area (Å²) >= 11 is 0. The molecule has 4 heterocycles. The molecule has 0 aliphatic carbocycles. The molecule has 0 radical (unpaired) electrons. The zero-order valence-corrected chi connectivity index (χ0v) is 30.5. The van der Waals surface area contributed by atoms with Crippen molar-refractivity contribution in [3.05, 3.63) is 97.1 Å². The third-order valence-corrected chi connectivity index (χ3v) is 11.2. The van der Waals surface area contributed by atoms with Crippen molar-refractivity contribution >= 4 is 23.7 Å². The Kier molecular flexibility index (Phi) is 12.4. The van der Waals surface area contributed by atoms with Crippen LogP contribution in [-0.2, 0) is 33.4 Å². The van der Waals surface area contributed by atoms with Crippen LogP contribution in [0.5, 0.6) is 0 Å². The summed E-state index contributed by atoms with van der Waals surface area (Å²) in [5, 5.41) is 13.8. The van der Waals surface area contributed by atoms with Crippen molar-refractivity contribution in [2.45, 2.75) is 68.5 Å². The lowest BCUT2D eigenvalue weighted by Gasteiger charge is -2.40. The number of hydrogen-bond acceptors (Lipinski definition) is 9. The Labute approximate surface area is 311 Å². The molecule has 8 atom stereocenters. The molecular formula is C41H52N4O8. The molecule has 53 heavy (non-hydrogen) atoms. The molecule has 2 N–H and O–H groups in total. The van der Waals surface area contributed by atoms with E-state index in [0.717, 1.165) is 13.1 Å². The number of aliphatic hydroxyl groups is 1. The molecule has 4 saturated heterocycles. The number of likely N-dealkylation sites (tertiary alicyclic amines) is 1. The Morgan fingerprint density at radius 2 is 1.74 bits per heavy atom. The number of aliphatic hydroxyl groups excluding tert-OH is 1. The van der Waals surface area contributed by atoms with Gasteiger partial charge in [-0.15, -0.1) is 13.2 Å². The molecule has 0 aromatic heterocycles. The first-order valence-electron chi connectivity index (χ1n) is 18.7. The van der Waals surface area contributed by atoms with E-state index in [1.165, 1.54) is 4.90 Å². The smallest absolute Gasteiger partial charge is 0.313 e. The number of rotatable bonds is 17. The van der Waals surface area contributed by atoms with Crippen LogP contribution in [0.15, 0.2) is 86.0 Å². The van der Waals surface area contributed by atoms with Crippen LogP contribution in [0.3, 0.4) is 0 Å². The summed E-state index contributed by atoms with van der Waals surface area (Å²) in [6.45, 7) is 13.0. The molecule has 12 heteroatoms. The number of hydrogen-bond donors (Lipinski definition) is 2. The number of nitrogens with one attached hydrogen (secondary N) is 1. The summed E-state index contributed by atoms with van der Waals surface area (Å²) < 4.78 is 18.5. The number of nitrogens with zero attached hydrogens (tertiary/aromatic N) is 3. The normalized spacial score (nSPS) is 26.7. The van der Waals surface area contributed by atoms with Gasteiger partial charge in [0.05, 0.1) is 49.8 Å². The molecule has 2 bridgehead atoms. The standard InChI is InChI=1S/C41H52N4O8/c1-4-6-17-33(47)42-28(3)36(30-15-11-8-12-16-30)52-40(50)34-32-18-19-41(53-32)35(34)38(48)45(31(27-46)29-13-9-7-10-14-29)37(41)39(49)44(20-5-2)22-21-43-23-25-51-26-24-43/h4-5,7-16,28,31-32,34-37,46H,1-2,6,17-27H2,3H3,(H,42,47)/t28-,31-,32+,34-,35-,36-,37+,41-/m1/s1. The van der Waals surface area contributed by atoms with E-state index in [-0.39, 0.29) is 24.8 Å². The molecule has 3 amide bonds. The van der Waals surface area contributed by atoms with Crippen molar-refractivity contribution in [3.8, 4) is 0 Å². The second-order valence-corrected chi connectivity index (χ2v) is 14.4. The topological polar surface area (TPSA) is 138 Å². The highest BCUT2D eigenvalue weighted by molar-refractivity contribution is 5.98. The minimum Gasteiger partial charge on any atom is -0.455 e. The lowest BCUT2D eigenvalue weighted by atomic mass is 9.70. The van der Waals surface area contributed by atoms with E-state index < -0.39 is 66.3 Å². The molecule has 12 nitrogen and oxygen atoms in total. The van der Waals surface area contributed by atoms with Crippen molar-refractivity contribution in [1.82, 2.24) is 20.0 Å². The van der Waals surface area contributed by atoms with Gasteiger partial charge in [0.1, 0.15) is 17.7 Å². The van der Waals surface area contributed by atoms with E-state index in [4.69, 9.17) is 14.2 Å². The first-order chi connectivity index (χ1) is 25.7. The summed E-state index contributed by atoms with van der Waals surface area (Å²) in [4.78, 5) is 62.6. The number of benzene rings is 2. The molecular weight excluding hydrogens is 676 g/mol.